The first-order valence-corrected chi connectivity index (χ1v) is 11.8. The van der Waals surface area contributed by atoms with E-state index >= 15 is 0 Å². The molecule has 0 amide bonds. The highest BCUT2D eigenvalue weighted by molar-refractivity contribution is 7.59. The van der Waals surface area contributed by atoms with Crippen LogP contribution in [0.4, 0.5) is 0 Å². The number of fused-ring (bicyclic) bond motifs is 1. The second-order valence-corrected chi connectivity index (χ2v) is 8.76. The molecule has 5 heteroatoms. The Kier molecular flexibility index (Phi) is 9.84. The minimum atomic E-state index is -0.849. The Morgan fingerprint density at radius 2 is 1.69 bits per heavy atom. The third kappa shape index (κ3) is 7.65. The molecule has 182 valence electrons. The highest BCUT2D eigenvalue weighted by atomic mass is 32.1. The number of carboxylic acid groups (broad SMARTS) is 1. The lowest BCUT2D eigenvalue weighted by Crippen LogP contribution is -2.32. The van der Waals surface area contributed by atoms with E-state index in [1.54, 1.807) is 6.92 Å². The second-order valence-electron chi connectivity index (χ2n) is 8.76. The maximum absolute atomic E-state index is 11.1. The van der Waals surface area contributed by atoms with E-state index in [1.807, 2.05) is 24.3 Å². The maximum atomic E-state index is 11.1. The van der Waals surface area contributed by atoms with Crippen molar-refractivity contribution in [1.29, 1.82) is 0 Å². The number of aliphatic carboxylic acids is 1. The van der Waals surface area contributed by atoms with E-state index in [0.717, 1.165) is 49.4 Å². The number of rotatable bonds is 9. The van der Waals surface area contributed by atoms with Gasteiger partial charge in [-0.2, -0.15) is 13.5 Å². The number of ether oxygens (including phenoxy) is 1. The van der Waals surface area contributed by atoms with Gasteiger partial charge in [-0.15, -0.1) is 5.92 Å². The smallest absolute Gasteiger partial charge is 0.304 e. The molecule has 1 N–H and O–H groups in total. The summed E-state index contributed by atoms with van der Waals surface area (Å²) in [5.74, 6) is 5.40. The molecule has 0 saturated carbocycles. The van der Waals surface area contributed by atoms with Gasteiger partial charge in [0.1, 0.15) is 12.4 Å². The fraction of sp³-hybridized carbons (Fsp3) is 0.300. The number of carbonyl (C=O) groups is 1. The first-order chi connectivity index (χ1) is 16.6. The summed E-state index contributed by atoms with van der Waals surface area (Å²) in [6, 6.07) is 25.0. The lowest BCUT2D eigenvalue weighted by atomic mass is 9.96. The van der Waals surface area contributed by atoms with E-state index in [4.69, 9.17) is 9.84 Å². The fourth-order valence-electron chi connectivity index (χ4n) is 4.40. The molecule has 4 nitrogen and oxygen atoms in total. The van der Waals surface area contributed by atoms with Crippen molar-refractivity contribution >= 4 is 19.5 Å². The number of carboxylic acids is 1. The molecule has 3 aromatic carbocycles. The molecule has 3 aromatic rings. The fourth-order valence-corrected chi connectivity index (χ4v) is 4.40. The first-order valence-electron chi connectivity index (χ1n) is 11.8. The normalized spacial score (nSPS) is 13.5. The predicted octanol–water partition coefficient (Wildman–Crippen LogP) is 5.56. The topological polar surface area (TPSA) is 49.8 Å². The third-order valence-electron chi connectivity index (χ3n) is 6.33. The van der Waals surface area contributed by atoms with Gasteiger partial charge in [0.25, 0.3) is 0 Å². The summed E-state index contributed by atoms with van der Waals surface area (Å²) in [6.45, 7) is 5.47. The summed E-state index contributed by atoms with van der Waals surface area (Å²) < 4.78 is 5.94. The van der Waals surface area contributed by atoms with Gasteiger partial charge in [0.2, 0.25) is 0 Å². The minimum Gasteiger partial charge on any atom is -0.489 e. The molecule has 0 saturated heterocycles. The predicted molar refractivity (Wildman–Crippen MR) is 145 cm³/mol. The molecule has 35 heavy (non-hydrogen) atoms. The van der Waals surface area contributed by atoms with Crippen molar-refractivity contribution in [2.45, 2.75) is 45.3 Å². The average Bonchev–Trinajstić information content (AvgIpc) is 2.86. The number of hydrogen-bond acceptors (Lipinski definition) is 3. The Morgan fingerprint density at radius 3 is 2.37 bits per heavy atom. The van der Waals surface area contributed by atoms with Gasteiger partial charge < -0.3 is 9.84 Å². The molecule has 1 heterocycles. The highest BCUT2D eigenvalue weighted by Crippen LogP contribution is 2.23. The molecule has 1 aliphatic rings. The summed E-state index contributed by atoms with van der Waals surface area (Å²) in [5.41, 5.74) is 6.32. The van der Waals surface area contributed by atoms with Crippen molar-refractivity contribution in [1.82, 2.24) is 4.90 Å². The van der Waals surface area contributed by atoms with Crippen molar-refractivity contribution in [3.63, 3.8) is 0 Å². The van der Waals surface area contributed by atoms with Crippen molar-refractivity contribution in [2.24, 2.45) is 0 Å². The monoisotopic (exact) mass is 487 g/mol. The molecule has 0 aromatic heterocycles. The van der Waals surface area contributed by atoms with Gasteiger partial charge >= 0.3 is 5.97 Å². The second kappa shape index (κ2) is 13.0. The molecule has 1 atom stereocenters. The zero-order valence-electron chi connectivity index (χ0n) is 20.2. The van der Waals surface area contributed by atoms with Crippen LogP contribution in [0.25, 0.3) is 0 Å². The van der Waals surface area contributed by atoms with Crippen LogP contribution in [0.5, 0.6) is 5.75 Å². The van der Waals surface area contributed by atoms with Crippen molar-refractivity contribution in [3.8, 4) is 17.6 Å². The Labute approximate surface area is 215 Å². The van der Waals surface area contributed by atoms with E-state index in [2.05, 4.69) is 65.3 Å². The van der Waals surface area contributed by atoms with E-state index in [9.17, 15) is 4.79 Å². The molecule has 0 aliphatic carbocycles. The quantitative estimate of drug-likeness (QED) is 0.402. The van der Waals surface area contributed by atoms with Crippen LogP contribution >= 0.6 is 13.5 Å². The molecular weight excluding hydrogens is 454 g/mol. The van der Waals surface area contributed by atoms with Crippen LogP contribution in [0, 0.1) is 11.8 Å². The minimum absolute atomic E-state index is 0. The molecular formula is C30H33NO3S. The van der Waals surface area contributed by atoms with Crippen molar-refractivity contribution in [2.75, 3.05) is 13.1 Å². The zero-order chi connectivity index (χ0) is 23.8. The van der Waals surface area contributed by atoms with Crippen LogP contribution < -0.4 is 4.74 Å². The maximum Gasteiger partial charge on any atom is 0.304 e. The zero-order valence-corrected chi connectivity index (χ0v) is 21.2. The molecule has 1 aliphatic heterocycles. The Bertz CT molecular complexity index is 1160. The van der Waals surface area contributed by atoms with Crippen molar-refractivity contribution in [3.05, 3.63) is 101 Å². The van der Waals surface area contributed by atoms with Gasteiger partial charge in [-0.3, -0.25) is 9.69 Å². The van der Waals surface area contributed by atoms with Crippen LogP contribution in [0.3, 0.4) is 0 Å². The summed E-state index contributed by atoms with van der Waals surface area (Å²) in [7, 11) is 0. The highest BCUT2D eigenvalue weighted by Gasteiger charge is 2.15. The summed E-state index contributed by atoms with van der Waals surface area (Å²) in [6.07, 6.45) is 2.18. The Morgan fingerprint density at radius 1 is 1.00 bits per heavy atom. The summed E-state index contributed by atoms with van der Waals surface area (Å²) in [4.78, 5) is 13.6. The standard InChI is InChI=1S/C30H31NO3.H2S/c1-2-5-27(20-30(32)33)26-12-14-29(15-13-26)34-22-24-10-8-23(9-11-24)16-18-31-19-17-25-6-3-4-7-28(25)21-31;/h3-4,6-15,27H,16-22H2,1H3,(H,32,33);1H2/t27-;/m0./s1. The van der Waals surface area contributed by atoms with Crippen LogP contribution in [0.15, 0.2) is 72.8 Å². The molecule has 4 rings (SSSR count). The van der Waals surface area contributed by atoms with E-state index in [-0.39, 0.29) is 25.8 Å². The van der Waals surface area contributed by atoms with Crippen LogP contribution in [-0.2, 0) is 30.8 Å². The lowest BCUT2D eigenvalue weighted by Gasteiger charge is -2.28. The van der Waals surface area contributed by atoms with Crippen LogP contribution in [-0.4, -0.2) is 29.1 Å². The molecule has 0 unspecified atom stereocenters. The van der Waals surface area contributed by atoms with Gasteiger partial charge in [0.05, 0.1) is 12.3 Å². The van der Waals surface area contributed by atoms with Gasteiger partial charge in [0.15, 0.2) is 0 Å². The van der Waals surface area contributed by atoms with Crippen molar-refractivity contribution < 1.29 is 14.6 Å². The largest absolute Gasteiger partial charge is 0.489 e. The summed E-state index contributed by atoms with van der Waals surface area (Å²) >= 11 is 0. The third-order valence-corrected chi connectivity index (χ3v) is 6.33. The van der Waals surface area contributed by atoms with Crippen LogP contribution in [0.2, 0.25) is 0 Å². The van der Waals surface area contributed by atoms with E-state index < -0.39 is 5.97 Å². The summed E-state index contributed by atoms with van der Waals surface area (Å²) in [5, 5.41) is 9.10. The Hall–Kier alpha value is -3.20. The number of hydrogen-bond donors (Lipinski definition) is 1. The van der Waals surface area contributed by atoms with E-state index in [1.165, 1.54) is 16.7 Å². The van der Waals surface area contributed by atoms with Gasteiger partial charge in [-0.25, -0.2) is 0 Å². The van der Waals surface area contributed by atoms with E-state index in [0.29, 0.717) is 6.61 Å². The molecule has 0 radical (unpaired) electrons. The number of benzene rings is 3. The van der Waals surface area contributed by atoms with Gasteiger partial charge in [0, 0.05) is 19.6 Å². The van der Waals surface area contributed by atoms with Gasteiger partial charge in [-0.1, -0.05) is 66.6 Å². The molecule has 0 spiro atoms. The SMILES string of the molecule is CC#C[C@@H](CC(=O)O)c1ccc(OCc2ccc(CCN3CCc4ccccc4C3)cc2)cc1.S. The average molecular weight is 488 g/mol. The van der Waals surface area contributed by atoms with Gasteiger partial charge in [-0.05, 0) is 59.7 Å². The lowest BCUT2D eigenvalue weighted by molar-refractivity contribution is -0.137. The van der Waals surface area contributed by atoms with Crippen LogP contribution in [0.1, 0.15) is 47.1 Å². The first kappa shape index (κ1) is 26.4. The number of nitrogens with zero attached hydrogens (tertiary/aromatic N) is 1. The molecule has 0 bridgehead atoms. The molecule has 0 fully saturated rings. The Balaban J connectivity index is 0.00000342.